The molecule has 5 heteroatoms. The van der Waals surface area contributed by atoms with Crippen LogP contribution in [0.5, 0.6) is 0 Å². The van der Waals surface area contributed by atoms with Gasteiger partial charge in [0.15, 0.2) is 0 Å². The number of hydrogen-bond acceptors (Lipinski definition) is 3. The van der Waals surface area contributed by atoms with Gasteiger partial charge in [-0.25, -0.2) is 0 Å². The number of amides is 1. The fourth-order valence-electron chi connectivity index (χ4n) is 2.45. The van der Waals surface area contributed by atoms with Gasteiger partial charge in [0.25, 0.3) is 5.69 Å². The molecule has 0 bridgehead atoms. The maximum Gasteiger partial charge on any atom is 0.269 e. The minimum atomic E-state index is -0.460. The summed E-state index contributed by atoms with van der Waals surface area (Å²) in [6.45, 7) is 0. The van der Waals surface area contributed by atoms with E-state index in [-0.39, 0.29) is 11.6 Å². The Kier molecular flexibility index (Phi) is 3.17. The van der Waals surface area contributed by atoms with Crippen LogP contribution in [0.1, 0.15) is 18.4 Å². The first-order chi connectivity index (χ1) is 10.1. The molecule has 0 aliphatic heterocycles. The van der Waals surface area contributed by atoms with Gasteiger partial charge in [-0.3, -0.25) is 14.9 Å². The van der Waals surface area contributed by atoms with Crippen molar-refractivity contribution in [3.05, 3.63) is 70.3 Å². The first kappa shape index (κ1) is 13.3. The highest BCUT2D eigenvalue weighted by Gasteiger charge is 2.51. The number of hydrogen-bond donors (Lipinski definition) is 1. The maximum atomic E-state index is 12.5. The molecule has 0 atom stereocenters. The van der Waals surface area contributed by atoms with E-state index in [1.165, 1.54) is 12.1 Å². The molecule has 2 aromatic rings. The standard InChI is InChI=1S/C16H14N2O3/c19-15(16(10-11-16)12-4-2-1-3-5-12)17-13-6-8-14(9-7-13)18(20)21/h1-9H,10-11H2,(H,17,19). The predicted molar refractivity (Wildman–Crippen MR) is 79.1 cm³/mol. The number of rotatable bonds is 4. The quantitative estimate of drug-likeness (QED) is 0.691. The highest BCUT2D eigenvalue weighted by atomic mass is 16.6. The normalized spacial score (nSPS) is 15.2. The van der Waals surface area contributed by atoms with E-state index in [4.69, 9.17) is 0 Å². The molecule has 1 N–H and O–H groups in total. The molecular formula is C16H14N2O3. The van der Waals surface area contributed by atoms with Crippen molar-refractivity contribution < 1.29 is 9.72 Å². The van der Waals surface area contributed by atoms with Crippen LogP contribution in [-0.4, -0.2) is 10.8 Å². The molecule has 0 saturated heterocycles. The second-order valence-corrected chi connectivity index (χ2v) is 5.21. The molecule has 1 aliphatic carbocycles. The molecular weight excluding hydrogens is 268 g/mol. The molecule has 0 spiro atoms. The SMILES string of the molecule is O=C(Nc1ccc([N+](=O)[O-])cc1)C1(c2ccccc2)CC1. The Hall–Kier alpha value is -2.69. The molecule has 106 valence electrons. The average molecular weight is 282 g/mol. The van der Waals surface area contributed by atoms with Crippen LogP contribution in [0.2, 0.25) is 0 Å². The summed E-state index contributed by atoms with van der Waals surface area (Å²) in [4.78, 5) is 22.6. The number of non-ortho nitro benzene ring substituents is 1. The second-order valence-electron chi connectivity index (χ2n) is 5.21. The van der Waals surface area contributed by atoms with Crippen LogP contribution in [0.3, 0.4) is 0 Å². The zero-order valence-electron chi connectivity index (χ0n) is 11.3. The van der Waals surface area contributed by atoms with E-state index in [1.807, 2.05) is 30.3 Å². The smallest absolute Gasteiger partial charge is 0.269 e. The summed E-state index contributed by atoms with van der Waals surface area (Å²) < 4.78 is 0. The van der Waals surface area contributed by atoms with Crippen molar-refractivity contribution in [2.45, 2.75) is 18.3 Å². The number of benzene rings is 2. The molecule has 0 aromatic heterocycles. The van der Waals surface area contributed by atoms with Gasteiger partial charge in [-0.15, -0.1) is 0 Å². The third kappa shape index (κ3) is 2.50. The van der Waals surface area contributed by atoms with E-state index in [1.54, 1.807) is 12.1 Å². The number of nitrogens with zero attached hydrogens (tertiary/aromatic N) is 1. The molecule has 0 radical (unpaired) electrons. The molecule has 1 saturated carbocycles. The largest absolute Gasteiger partial charge is 0.325 e. The predicted octanol–water partition coefficient (Wildman–Crippen LogP) is 3.27. The van der Waals surface area contributed by atoms with Crippen molar-refractivity contribution in [1.29, 1.82) is 0 Å². The molecule has 3 rings (SSSR count). The minimum Gasteiger partial charge on any atom is -0.325 e. The first-order valence-corrected chi connectivity index (χ1v) is 6.73. The van der Waals surface area contributed by atoms with Gasteiger partial charge in [0.2, 0.25) is 5.91 Å². The summed E-state index contributed by atoms with van der Waals surface area (Å²) in [6, 6.07) is 15.6. The molecule has 5 nitrogen and oxygen atoms in total. The summed E-state index contributed by atoms with van der Waals surface area (Å²) in [5.74, 6) is -0.0532. The van der Waals surface area contributed by atoms with Crippen molar-refractivity contribution >= 4 is 17.3 Å². The molecule has 0 heterocycles. The molecule has 1 aliphatic rings. The zero-order valence-corrected chi connectivity index (χ0v) is 11.3. The van der Waals surface area contributed by atoms with Gasteiger partial charge in [0.1, 0.15) is 0 Å². The van der Waals surface area contributed by atoms with Crippen molar-refractivity contribution in [2.24, 2.45) is 0 Å². The van der Waals surface area contributed by atoms with Gasteiger partial charge in [-0.05, 0) is 30.5 Å². The van der Waals surface area contributed by atoms with E-state index < -0.39 is 10.3 Å². The van der Waals surface area contributed by atoms with Crippen molar-refractivity contribution in [3.8, 4) is 0 Å². The lowest BCUT2D eigenvalue weighted by Gasteiger charge is -2.15. The Labute approximate surface area is 121 Å². The summed E-state index contributed by atoms with van der Waals surface area (Å²) in [5, 5.41) is 13.5. The third-order valence-electron chi connectivity index (χ3n) is 3.85. The van der Waals surface area contributed by atoms with Gasteiger partial charge in [0, 0.05) is 17.8 Å². The Morgan fingerprint density at radius 1 is 1.05 bits per heavy atom. The Morgan fingerprint density at radius 2 is 1.67 bits per heavy atom. The summed E-state index contributed by atoms with van der Waals surface area (Å²) >= 11 is 0. The lowest BCUT2D eigenvalue weighted by molar-refractivity contribution is -0.384. The highest BCUT2D eigenvalue weighted by Crippen LogP contribution is 2.48. The van der Waals surface area contributed by atoms with Crippen LogP contribution in [0.4, 0.5) is 11.4 Å². The van der Waals surface area contributed by atoms with Gasteiger partial charge in [-0.2, -0.15) is 0 Å². The summed E-state index contributed by atoms with van der Waals surface area (Å²) in [5.41, 5.74) is 1.16. The van der Waals surface area contributed by atoms with E-state index in [0.717, 1.165) is 18.4 Å². The van der Waals surface area contributed by atoms with Crippen LogP contribution in [-0.2, 0) is 10.2 Å². The Bertz CT molecular complexity index is 676. The van der Waals surface area contributed by atoms with E-state index in [0.29, 0.717) is 5.69 Å². The lowest BCUT2D eigenvalue weighted by atomic mass is 9.95. The van der Waals surface area contributed by atoms with E-state index in [2.05, 4.69) is 5.32 Å². The monoisotopic (exact) mass is 282 g/mol. The Balaban J connectivity index is 1.76. The fraction of sp³-hybridized carbons (Fsp3) is 0.188. The molecule has 0 unspecified atom stereocenters. The number of carbonyl (C=O) groups is 1. The number of nitro groups is 1. The van der Waals surface area contributed by atoms with Gasteiger partial charge in [-0.1, -0.05) is 30.3 Å². The molecule has 1 amide bonds. The van der Waals surface area contributed by atoms with Gasteiger partial charge in [0.05, 0.1) is 10.3 Å². The lowest BCUT2D eigenvalue weighted by Crippen LogP contribution is -2.27. The van der Waals surface area contributed by atoms with Crippen LogP contribution >= 0.6 is 0 Å². The zero-order chi connectivity index (χ0) is 14.9. The van der Waals surface area contributed by atoms with Crippen LogP contribution < -0.4 is 5.32 Å². The van der Waals surface area contributed by atoms with Crippen LogP contribution in [0.15, 0.2) is 54.6 Å². The van der Waals surface area contributed by atoms with Gasteiger partial charge >= 0.3 is 0 Å². The van der Waals surface area contributed by atoms with Gasteiger partial charge < -0.3 is 5.32 Å². The average Bonchev–Trinajstić information content (AvgIpc) is 3.30. The van der Waals surface area contributed by atoms with Crippen LogP contribution in [0, 0.1) is 10.1 Å². The van der Waals surface area contributed by atoms with E-state index in [9.17, 15) is 14.9 Å². The molecule has 1 fully saturated rings. The first-order valence-electron chi connectivity index (χ1n) is 6.73. The van der Waals surface area contributed by atoms with Crippen molar-refractivity contribution in [3.63, 3.8) is 0 Å². The Morgan fingerprint density at radius 3 is 2.19 bits per heavy atom. The topological polar surface area (TPSA) is 72.2 Å². The second kappa shape index (κ2) is 5.01. The van der Waals surface area contributed by atoms with Crippen molar-refractivity contribution in [1.82, 2.24) is 0 Å². The highest BCUT2D eigenvalue weighted by molar-refractivity contribution is 6.01. The number of carbonyl (C=O) groups excluding carboxylic acids is 1. The summed E-state index contributed by atoms with van der Waals surface area (Å²) in [6.07, 6.45) is 1.66. The minimum absolute atomic E-state index is 0.0113. The van der Waals surface area contributed by atoms with Crippen molar-refractivity contribution in [2.75, 3.05) is 5.32 Å². The molecule has 2 aromatic carbocycles. The van der Waals surface area contributed by atoms with Crippen LogP contribution in [0.25, 0.3) is 0 Å². The number of nitro benzene ring substituents is 1. The fourth-order valence-corrected chi connectivity index (χ4v) is 2.45. The van der Waals surface area contributed by atoms with E-state index >= 15 is 0 Å². The number of nitrogens with one attached hydrogen (secondary N) is 1. The summed E-state index contributed by atoms with van der Waals surface area (Å²) in [7, 11) is 0. The third-order valence-corrected chi connectivity index (χ3v) is 3.85. The molecule has 21 heavy (non-hydrogen) atoms. The number of anilines is 1. The maximum absolute atomic E-state index is 12.5.